The average Bonchev–Trinajstić information content (AvgIpc) is 2.30. The Morgan fingerprint density at radius 3 is 2.33 bits per heavy atom. The third-order valence-corrected chi connectivity index (χ3v) is 2.68. The Labute approximate surface area is 90.9 Å². The first kappa shape index (κ1) is 12.0. The van der Waals surface area contributed by atoms with Crippen molar-refractivity contribution in [2.45, 2.75) is 25.4 Å². The van der Waals surface area contributed by atoms with Crippen LogP contribution in [-0.4, -0.2) is 24.9 Å². The summed E-state index contributed by atoms with van der Waals surface area (Å²) in [6.45, 7) is 2.41. The fourth-order valence-corrected chi connectivity index (χ4v) is 1.65. The summed E-state index contributed by atoms with van der Waals surface area (Å²) >= 11 is 0. The minimum Gasteiger partial charge on any atom is -0.497 e. The second-order valence-corrected chi connectivity index (χ2v) is 3.59. The number of hydrogen-bond donors (Lipinski definition) is 2. The summed E-state index contributed by atoms with van der Waals surface area (Å²) in [6.07, 6.45) is 0.344. The summed E-state index contributed by atoms with van der Waals surface area (Å²) < 4.78 is 5.08. The molecule has 0 aliphatic heterocycles. The predicted molar refractivity (Wildman–Crippen MR) is 61.1 cm³/mol. The smallest absolute Gasteiger partial charge is 0.118 e. The molecule has 0 aromatic heterocycles. The van der Waals surface area contributed by atoms with E-state index in [4.69, 9.17) is 10.5 Å². The molecule has 0 aliphatic carbocycles. The van der Waals surface area contributed by atoms with Crippen molar-refractivity contribution in [1.29, 1.82) is 0 Å². The SMILES string of the molecule is CCC(O)C(CN)c1ccc(OC)cc1. The number of rotatable bonds is 5. The van der Waals surface area contributed by atoms with Crippen molar-refractivity contribution in [1.82, 2.24) is 0 Å². The molecule has 84 valence electrons. The predicted octanol–water partition coefficient (Wildman–Crippen LogP) is 1.51. The quantitative estimate of drug-likeness (QED) is 0.772. The Morgan fingerprint density at radius 2 is 1.93 bits per heavy atom. The second kappa shape index (κ2) is 5.73. The largest absolute Gasteiger partial charge is 0.497 e. The number of nitrogens with two attached hydrogens (primary N) is 1. The zero-order chi connectivity index (χ0) is 11.3. The topological polar surface area (TPSA) is 55.5 Å². The highest BCUT2D eigenvalue weighted by Crippen LogP contribution is 2.22. The lowest BCUT2D eigenvalue weighted by Crippen LogP contribution is -2.25. The van der Waals surface area contributed by atoms with Crippen LogP contribution in [0.2, 0.25) is 0 Å². The van der Waals surface area contributed by atoms with Crippen molar-refractivity contribution >= 4 is 0 Å². The Bertz CT molecular complexity index is 284. The van der Waals surface area contributed by atoms with E-state index >= 15 is 0 Å². The highest BCUT2D eigenvalue weighted by molar-refractivity contribution is 5.30. The van der Waals surface area contributed by atoms with Crippen LogP contribution in [0.1, 0.15) is 24.8 Å². The van der Waals surface area contributed by atoms with Crippen molar-refractivity contribution in [2.75, 3.05) is 13.7 Å². The van der Waals surface area contributed by atoms with Gasteiger partial charge in [-0.05, 0) is 24.1 Å². The zero-order valence-electron chi connectivity index (χ0n) is 9.31. The summed E-state index contributed by atoms with van der Waals surface area (Å²) in [5.74, 6) is 0.835. The van der Waals surface area contributed by atoms with E-state index in [2.05, 4.69) is 0 Å². The van der Waals surface area contributed by atoms with Crippen molar-refractivity contribution in [3.8, 4) is 5.75 Å². The van der Waals surface area contributed by atoms with Crippen LogP contribution < -0.4 is 10.5 Å². The van der Waals surface area contributed by atoms with Gasteiger partial charge in [0.05, 0.1) is 13.2 Å². The molecular weight excluding hydrogens is 190 g/mol. The molecule has 1 aromatic rings. The number of benzene rings is 1. The Balaban J connectivity index is 2.83. The van der Waals surface area contributed by atoms with Gasteiger partial charge in [-0.3, -0.25) is 0 Å². The number of methoxy groups -OCH3 is 1. The molecule has 1 aromatic carbocycles. The van der Waals surface area contributed by atoms with Crippen LogP contribution >= 0.6 is 0 Å². The van der Waals surface area contributed by atoms with Gasteiger partial charge in [0, 0.05) is 12.5 Å². The van der Waals surface area contributed by atoms with E-state index in [1.807, 2.05) is 31.2 Å². The summed E-state index contributed by atoms with van der Waals surface area (Å²) in [6, 6.07) is 7.69. The monoisotopic (exact) mass is 209 g/mol. The van der Waals surface area contributed by atoms with Gasteiger partial charge in [0.2, 0.25) is 0 Å². The molecule has 0 heterocycles. The lowest BCUT2D eigenvalue weighted by atomic mass is 9.92. The first-order valence-corrected chi connectivity index (χ1v) is 5.25. The lowest BCUT2D eigenvalue weighted by molar-refractivity contribution is 0.141. The molecule has 0 aliphatic rings. The van der Waals surface area contributed by atoms with Crippen LogP contribution in [0.5, 0.6) is 5.75 Å². The van der Waals surface area contributed by atoms with Gasteiger partial charge in [0.25, 0.3) is 0 Å². The minimum absolute atomic E-state index is 0.0147. The van der Waals surface area contributed by atoms with Crippen LogP contribution in [0.3, 0.4) is 0 Å². The number of ether oxygens (including phenoxy) is 1. The van der Waals surface area contributed by atoms with Gasteiger partial charge in [-0.1, -0.05) is 19.1 Å². The van der Waals surface area contributed by atoms with Crippen molar-refractivity contribution in [2.24, 2.45) is 5.73 Å². The molecule has 2 atom stereocenters. The first-order chi connectivity index (χ1) is 7.22. The maximum atomic E-state index is 9.79. The molecule has 3 N–H and O–H groups in total. The molecule has 0 radical (unpaired) electrons. The van der Waals surface area contributed by atoms with E-state index in [9.17, 15) is 5.11 Å². The van der Waals surface area contributed by atoms with Gasteiger partial charge in [0.15, 0.2) is 0 Å². The van der Waals surface area contributed by atoms with E-state index in [1.54, 1.807) is 7.11 Å². The number of aliphatic hydroxyl groups excluding tert-OH is 1. The molecule has 0 saturated carbocycles. The van der Waals surface area contributed by atoms with Crippen LogP contribution in [0, 0.1) is 0 Å². The number of hydrogen-bond acceptors (Lipinski definition) is 3. The molecule has 3 nitrogen and oxygen atoms in total. The van der Waals surface area contributed by atoms with E-state index < -0.39 is 0 Å². The van der Waals surface area contributed by atoms with Crippen molar-refractivity contribution < 1.29 is 9.84 Å². The summed E-state index contributed by atoms with van der Waals surface area (Å²) in [4.78, 5) is 0. The highest BCUT2D eigenvalue weighted by Gasteiger charge is 2.17. The second-order valence-electron chi connectivity index (χ2n) is 3.59. The van der Waals surface area contributed by atoms with Gasteiger partial charge in [-0.15, -0.1) is 0 Å². The molecule has 0 spiro atoms. The fraction of sp³-hybridized carbons (Fsp3) is 0.500. The Morgan fingerprint density at radius 1 is 1.33 bits per heavy atom. The van der Waals surface area contributed by atoms with E-state index in [0.717, 1.165) is 11.3 Å². The first-order valence-electron chi connectivity index (χ1n) is 5.25. The highest BCUT2D eigenvalue weighted by atomic mass is 16.5. The maximum Gasteiger partial charge on any atom is 0.118 e. The van der Waals surface area contributed by atoms with Gasteiger partial charge < -0.3 is 15.6 Å². The van der Waals surface area contributed by atoms with Crippen LogP contribution in [0.4, 0.5) is 0 Å². The van der Waals surface area contributed by atoms with Gasteiger partial charge in [-0.2, -0.15) is 0 Å². The van der Waals surface area contributed by atoms with Gasteiger partial charge in [0.1, 0.15) is 5.75 Å². The Kier molecular flexibility index (Phi) is 4.59. The Hall–Kier alpha value is -1.06. The normalized spacial score (nSPS) is 14.7. The van der Waals surface area contributed by atoms with Crippen LogP contribution in [0.15, 0.2) is 24.3 Å². The average molecular weight is 209 g/mol. The summed E-state index contributed by atoms with van der Waals surface area (Å²) in [5, 5.41) is 9.79. The summed E-state index contributed by atoms with van der Waals surface area (Å²) in [5.41, 5.74) is 6.72. The fourth-order valence-electron chi connectivity index (χ4n) is 1.65. The molecule has 0 fully saturated rings. The minimum atomic E-state index is -0.372. The number of aliphatic hydroxyl groups is 1. The lowest BCUT2D eigenvalue weighted by Gasteiger charge is -2.20. The van der Waals surface area contributed by atoms with E-state index in [1.165, 1.54) is 0 Å². The van der Waals surface area contributed by atoms with Crippen LogP contribution in [0.25, 0.3) is 0 Å². The molecule has 0 bridgehead atoms. The third-order valence-electron chi connectivity index (χ3n) is 2.68. The van der Waals surface area contributed by atoms with Gasteiger partial charge in [-0.25, -0.2) is 0 Å². The molecule has 1 rings (SSSR count). The van der Waals surface area contributed by atoms with E-state index in [-0.39, 0.29) is 12.0 Å². The maximum absolute atomic E-state index is 9.79. The third kappa shape index (κ3) is 2.94. The van der Waals surface area contributed by atoms with Crippen molar-refractivity contribution in [3.63, 3.8) is 0 Å². The standard InChI is InChI=1S/C12H19NO2/c1-3-12(14)11(8-13)9-4-6-10(15-2)7-5-9/h4-7,11-12,14H,3,8,13H2,1-2H3. The molecule has 0 amide bonds. The molecule has 0 saturated heterocycles. The molecule has 3 heteroatoms. The molecule has 2 unspecified atom stereocenters. The van der Waals surface area contributed by atoms with Crippen molar-refractivity contribution in [3.05, 3.63) is 29.8 Å². The van der Waals surface area contributed by atoms with Gasteiger partial charge >= 0.3 is 0 Å². The van der Waals surface area contributed by atoms with E-state index in [0.29, 0.717) is 13.0 Å². The zero-order valence-corrected chi connectivity index (χ0v) is 9.31. The van der Waals surface area contributed by atoms with Crippen LogP contribution in [-0.2, 0) is 0 Å². The summed E-state index contributed by atoms with van der Waals surface area (Å²) in [7, 11) is 1.64. The molecule has 15 heavy (non-hydrogen) atoms. The molecular formula is C12H19NO2.